The molecule has 0 saturated heterocycles. The predicted octanol–water partition coefficient (Wildman–Crippen LogP) is 29.2. The molecule has 0 saturated carbocycles. The molecule has 712 valence electrons. The van der Waals surface area contributed by atoms with E-state index in [4.69, 9.17) is 28.9 Å². The molecule has 0 unspecified atom stereocenters. The molecule has 3 heterocycles. The molecule has 1 amide bonds. The largest absolute Gasteiger partial charge is 0.416 e. The summed E-state index contributed by atoms with van der Waals surface area (Å²) >= 11 is 17.6. The number of carbonyl (C=O) groups is 1. The summed E-state index contributed by atoms with van der Waals surface area (Å²) in [6, 6.07) is 133. The smallest absolute Gasteiger partial charge is 0.344 e. The Morgan fingerprint density at radius 1 is 0.366 bits per heavy atom. The van der Waals surface area contributed by atoms with E-state index in [1.54, 1.807) is 145 Å². The Morgan fingerprint density at radius 3 is 1.00 bits per heavy atom. The first-order valence-corrected chi connectivity index (χ1v) is 49.3. The van der Waals surface area contributed by atoms with Crippen molar-refractivity contribution in [3.05, 3.63) is 598 Å². The number of hydrogen-bond donors (Lipinski definition) is 5. The van der Waals surface area contributed by atoms with Crippen molar-refractivity contribution in [1.29, 1.82) is 0 Å². The molecule has 3 aromatic heterocycles. The summed E-state index contributed by atoms with van der Waals surface area (Å²) in [6.07, 6.45) is -6.01. The molecule has 0 spiro atoms. The van der Waals surface area contributed by atoms with E-state index in [0.29, 0.717) is 43.0 Å². The number of halogens is 9. The molecule has 0 bridgehead atoms. The Labute approximate surface area is 839 Å². The molecule has 0 radical (unpaired) electrons. The number of aromatic nitrogens is 3. The standard InChI is InChI=1S/C28H20ClN3O4S2.C23H19ClN2S.C22H18F3NO.C22H17FN2S.C20H16F3N/c29-25-14-8-7-13-24(25)28(20-9-3-1-4-10-20,21-11-5-2-6-12-21)31-27-30-19-26(37-27)38(35,36)23-17-15-22(16-18-23)32(33)34;1-17-16-27-22(25-17)26-23(18-10-4-2-5-11-18,19-12-6-3-7-13-19)20-14-8-9-15-21(20)24;1-16(27)26-21(17-10-4-2-5-11-17,18-12-6-3-7-13-18)19-14-8-9-15-20(19)22(23,24)25;23-20-14-8-7-13-19(20)22(17-9-3-1-4-10-17,18-11-5-2-6-12-18)25-21-24-15-16-26-21;21-20(22,23)18-14-8-7-13-17(18)19(24,15-9-3-1-4-10-15)16-11-5-2-6-12-16/h1-19H,(H,30,31);2-16H,1H3,(H,25,26);2-15H,1H3,(H,26,27);1-16H,(H,24,25);1-14H,24H2. The summed E-state index contributed by atoms with van der Waals surface area (Å²) in [5.74, 6) is -0.691. The van der Waals surface area contributed by atoms with Gasteiger partial charge in [0.25, 0.3) is 5.69 Å². The van der Waals surface area contributed by atoms with E-state index in [2.05, 4.69) is 96.2 Å². The zero-order chi connectivity index (χ0) is 100.0. The van der Waals surface area contributed by atoms with Gasteiger partial charge in [0, 0.05) is 62.7 Å². The first-order chi connectivity index (χ1) is 68.6. The number of sulfone groups is 1. The van der Waals surface area contributed by atoms with Gasteiger partial charge in [0.05, 0.1) is 38.4 Å². The third-order valence-corrected chi connectivity index (χ3v) is 29.0. The molecule has 0 aliphatic heterocycles. The van der Waals surface area contributed by atoms with Crippen LogP contribution < -0.4 is 27.0 Å². The summed E-state index contributed by atoms with van der Waals surface area (Å²) in [5, 5.41) is 31.7. The minimum absolute atomic E-state index is 0.00281. The van der Waals surface area contributed by atoms with Crippen LogP contribution in [-0.4, -0.2) is 34.2 Å². The highest BCUT2D eigenvalue weighted by molar-refractivity contribution is 7.93. The maximum absolute atomic E-state index is 15.0. The van der Waals surface area contributed by atoms with Crippen molar-refractivity contribution in [1.82, 2.24) is 20.3 Å². The maximum Gasteiger partial charge on any atom is 0.416 e. The van der Waals surface area contributed by atoms with Crippen molar-refractivity contribution in [3.8, 4) is 0 Å². The van der Waals surface area contributed by atoms with E-state index in [0.717, 1.165) is 83.9 Å². The van der Waals surface area contributed by atoms with Crippen LogP contribution in [0.25, 0.3) is 0 Å². The fourth-order valence-electron chi connectivity index (χ4n) is 17.3. The number of benzene rings is 16. The van der Waals surface area contributed by atoms with Gasteiger partial charge in [-0.3, -0.25) is 14.9 Å². The van der Waals surface area contributed by atoms with E-state index in [1.807, 2.05) is 212 Å². The fraction of sp³-hybridized carbons (Fsp3) is 0.0783. The Kier molecular flexibility index (Phi) is 32.3. The minimum Gasteiger partial charge on any atom is -0.344 e. The van der Waals surface area contributed by atoms with Gasteiger partial charge in [-0.2, -0.15) is 26.3 Å². The Balaban J connectivity index is 0.000000135. The zero-order valence-electron chi connectivity index (χ0n) is 76.0. The van der Waals surface area contributed by atoms with Crippen LogP contribution in [0.3, 0.4) is 0 Å². The van der Waals surface area contributed by atoms with Crippen LogP contribution in [-0.2, 0) is 54.7 Å². The van der Waals surface area contributed by atoms with Crippen molar-refractivity contribution in [2.45, 2.75) is 63.0 Å². The Morgan fingerprint density at radius 2 is 0.669 bits per heavy atom. The molecule has 19 aromatic rings. The number of thiazole rings is 3. The van der Waals surface area contributed by atoms with Crippen LogP contribution in [0.15, 0.2) is 481 Å². The number of anilines is 3. The highest BCUT2D eigenvalue weighted by Crippen LogP contribution is 2.50. The SMILES string of the molecule is CC(=O)NC(c1ccccc1)(c1ccccc1)c1ccccc1C(F)(F)F.Cc1csc(NC(c2ccccc2)(c2ccccc2)c2ccccc2Cl)n1.Fc1ccccc1C(Nc1nccs1)(c1ccccc1)c1ccccc1.NC(c1ccccc1)(c1ccccc1)c1ccccc1C(F)(F)F.O=[N+]([O-])c1ccc(S(=O)(=O)c2cnc(NC(c3ccccc3)(c3ccccc3)c3ccccc3Cl)s2)cc1. The third kappa shape index (κ3) is 22.3. The van der Waals surface area contributed by atoms with Crippen molar-refractivity contribution in [3.63, 3.8) is 0 Å². The lowest BCUT2D eigenvalue weighted by Gasteiger charge is -2.38. The molecule has 142 heavy (non-hydrogen) atoms. The summed E-state index contributed by atoms with van der Waals surface area (Å²) in [5.41, 5.74) is 11.1. The second-order valence-electron chi connectivity index (χ2n) is 32.4. The molecule has 27 heteroatoms. The number of alkyl halides is 6. The maximum atomic E-state index is 15.0. The lowest BCUT2D eigenvalue weighted by Crippen LogP contribution is -2.48. The third-order valence-electron chi connectivity index (χ3n) is 23.6. The van der Waals surface area contributed by atoms with E-state index >= 15 is 4.39 Å². The molecule has 14 nitrogen and oxygen atoms in total. The predicted molar refractivity (Wildman–Crippen MR) is 555 cm³/mol. The zero-order valence-corrected chi connectivity index (χ0v) is 80.8. The van der Waals surface area contributed by atoms with Gasteiger partial charge in [0.15, 0.2) is 15.4 Å². The lowest BCUT2D eigenvalue weighted by atomic mass is 9.75. The van der Waals surface area contributed by atoms with Crippen LogP contribution in [0.5, 0.6) is 0 Å². The van der Waals surface area contributed by atoms with Crippen molar-refractivity contribution >= 4 is 94.0 Å². The number of carbonyl (C=O) groups excluding carboxylic acids is 1. The molecule has 16 aromatic carbocycles. The summed E-state index contributed by atoms with van der Waals surface area (Å²) in [7, 11) is -3.95. The average molecular weight is 2010 g/mol. The van der Waals surface area contributed by atoms with Gasteiger partial charge >= 0.3 is 12.4 Å². The average Bonchev–Trinajstić information content (AvgIpc) is 0.944. The van der Waals surface area contributed by atoms with Gasteiger partial charge < -0.3 is 27.0 Å². The van der Waals surface area contributed by atoms with Crippen LogP contribution in [0, 0.1) is 22.9 Å². The van der Waals surface area contributed by atoms with Crippen LogP contribution in [0.4, 0.5) is 51.8 Å². The number of rotatable bonds is 25. The number of nitrogens with two attached hydrogens (primary N) is 1. The first-order valence-electron chi connectivity index (χ1n) is 44.4. The van der Waals surface area contributed by atoms with Crippen LogP contribution >= 0.6 is 57.2 Å². The monoisotopic (exact) mass is 2010 g/mol. The number of aryl methyl sites for hydroxylation is 1. The molecule has 0 atom stereocenters. The molecule has 6 N–H and O–H groups in total. The van der Waals surface area contributed by atoms with Gasteiger partial charge in [-0.25, -0.2) is 27.8 Å². The Bertz CT molecular complexity index is 7280. The highest BCUT2D eigenvalue weighted by Gasteiger charge is 2.48. The summed E-state index contributed by atoms with van der Waals surface area (Å²) < 4.78 is 124. The molecular weight excluding hydrogens is 1920 g/mol. The number of nitro groups is 1. The van der Waals surface area contributed by atoms with Crippen molar-refractivity contribution in [2.24, 2.45) is 5.73 Å². The van der Waals surface area contributed by atoms with E-state index in [-0.39, 0.29) is 31.7 Å². The van der Waals surface area contributed by atoms with E-state index < -0.39 is 71.8 Å². The van der Waals surface area contributed by atoms with Gasteiger partial charge in [0.2, 0.25) is 15.7 Å². The second-order valence-corrected chi connectivity index (χ2v) is 38.2. The van der Waals surface area contributed by atoms with Gasteiger partial charge in [-0.15, -0.1) is 22.7 Å². The van der Waals surface area contributed by atoms with Crippen LogP contribution in [0.1, 0.15) is 107 Å². The summed E-state index contributed by atoms with van der Waals surface area (Å²) in [6.45, 7) is 3.31. The molecular formula is C115H90Cl2F7N9O5S4. The first kappa shape index (κ1) is 101. The highest BCUT2D eigenvalue weighted by atomic mass is 35.5. The van der Waals surface area contributed by atoms with Gasteiger partial charge in [0.1, 0.15) is 32.2 Å². The number of non-ortho nitro benzene ring substituents is 1. The van der Waals surface area contributed by atoms with E-state index in [9.17, 15) is 49.7 Å². The molecule has 19 rings (SSSR count). The number of nitrogens with zero attached hydrogens (tertiary/aromatic N) is 4. The van der Waals surface area contributed by atoms with E-state index in [1.165, 1.54) is 79.1 Å². The fourth-order valence-corrected chi connectivity index (χ4v) is 21.7. The van der Waals surface area contributed by atoms with Crippen molar-refractivity contribution in [2.75, 3.05) is 16.0 Å². The molecule has 0 aliphatic rings. The normalized spacial score (nSPS) is 11.7. The molecule has 0 fully saturated rings. The molecule has 0 aliphatic carbocycles. The topological polar surface area (TPSA) is 207 Å². The summed E-state index contributed by atoms with van der Waals surface area (Å²) in [4.78, 5) is 36.0. The van der Waals surface area contributed by atoms with Crippen molar-refractivity contribution < 1.29 is 48.9 Å². The quantitative estimate of drug-likeness (QED) is 0.0157. The minimum atomic E-state index is -4.57. The number of hydrogen-bond acceptors (Lipinski definition) is 15. The number of nitro benzene ring substituents is 1. The van der Waals surface area contributed by atoms with Gasteiger partial charge in [-0.1, -0.05) is 429 Å². The number of amides is 1. The lowest BCUT2D eigenvalue weighted by molar-refractivity contribution is -0.384. The van der Waals surface area contributed by atoms with Gasteiger partial charge in [-0.05, 0) is 116 Å². The number of nitrogens with one attached hydrogen (secondary N) is 4. The second kappa shape index (κ2) is 45.3. The van der Waals surface area contributed by atoms with Crippen LogP contribution in [0.2, 0.25) is 10.0 Å². The Hall–Kier alpha value is -15.3.